The number of anilines is 1. The number of hydrogen-bond donors (Lipinski definition) is 2. The first-order chi connectivity index (χ1) is 26.0. The first kappa shape index (κ1) is 33.0. The summed E-state index contributed by atoms with van der Waals surface area (Å²) in [6.45, 7) is 0. The van der Waals surface area contributed by atoms with Crippen molar-refractivity contribution >= 4 is 34.4 Å². The Labute approximate surface area is 312 Å². The van der Waals surface area contributed by atoms with Gasteiger partial charge >= 0.3 is 5.97 Å². The van der Waals surface area contributed by atoms with Gasteiger partial charge < -0.3 is 10.4 Å². The maximum absolute atomic E-state index is 12.4. The zero-order valence-electron chi connectivity index (χ0n) is 28.9. The van der Waals surface area contributed by atoms with Crippen LogP contribution in [0.4, 0.5) is 5.82 Å². The van der Waals surface area contributed by atoms with E-state index in [1.165, 1.54) is 0 Å². The summed E-state index contributed by atoms with van der Waals surface area (Å²) in [6, 6.07) is 43.0. The number of nitrogens with zero attached hydrogens (tertiary/aromatic N) is 5. The predicted molar refractivity (Wildman–Crippen MR) is 208 cm³/mol. The van der Waals surface area contributed by atoms with Crippen molar-refractivity contribution in [1.82, 2.24) is 24.7 Å². The van der Waals surface area contributed by atoms with E-state index in [1.54, 1.807) is 12.5 Å². The third-order valence-electron chi connectivity index (χ3n) is 11.3. The van der Waals surface area contributed by atoms with Gasteiger partial charge in [-0.2, -0.15) is 5.10 Å². The highest BCUT2D eigenvalue weighted by Crippen LogP contribution is 2.47. The first-order valence-corrected chi connectivity index (χ1v) is 18.5. The summed E-state index contributed by atoms with van der Waals surface area (Å²) >= 11 is 6.71. The molecule has 3 aliphatic rings. The van der Waals surface area contributed by atoms with E-state index in [-0.39, 0.29) is 12.0 Å². The molecule has 8 nitrogen and oxygen atoms in total. The minimum Gasteiger partial charge on any atom is -0.481 e. The van der Waals surface area contributed by atoms with E-state index in [0.29, 0.717) is 33.8 Å². The zero-order chi connectivity index (χ0) is 35.9. The van der Waals surface area contributed by atoms with Gasteiger partial charge in [-0.05, 0) is 60.3 Å². The number of fused-ring (bicyclic) bond motifs is 4. The fourth-order valence-corrected chi connectivity index (χ4v) is 9.15. The first-order valence-electron chi connectivity index (χ1n) is 18.1. The van der Waals surface area contributed by atoms with Gasteiger partial charge in [0.2, 0.25) is 0 Å². The van der Waals surface area contributed by atoms with Gasteiger partial charge in [0.15, 0.2) is 5.65 Å². The van der Waals surface area contributed by atoms with Crippen molar-refractivity contribution in [2.45, 2.75) is 37.3 Å². The van der Waals surface area contributed by atoms with Crippen LogP contribution in [-0.4, -0.2) is 41.9 Å². The van der Waals surface area contributed by atoms with Gasteiger partial charge in [-0.3, -0.25) is 4.79 Å². The molecular formula is C44H37ClN6O2. The molecule has 2 unspecified atom stereocenters. The van der Waals surface area contributed by atoms with Crippen molar-refractivity contribution in [3.05, 3.63) is 162 Å². The molecule has 2 atom stereocenters. The Kier molecular flexibility index (Phi) is 8.47. The van der Waals surface area contributed by atoms with E-state index in [2.05, 4.69) is 83.1 Å². The monoisotopic (exact) mass is 716 g/mol. The second-order valence-electron chi connectivity index (χ2n) is 14.1. The lowest BCUT2D eigenvalue weighted by Crippen LogP contribution is -2.51. The molecule has 4 aromatic carbocycles. The number of carboxylic acids is 1. The summed E-state index contributed by atoms with van der Waals surface area (Å²) < 4.78 is 2.04. The third kappa shape index (κ3) is 5.65. The lowest BCUT2D eigenvalue weighted by molar-refractivity contribution is -0.148. The summed E-state index contributed by atoms with van der Waals surface area (Å²) in [5, 5.41) is 20.6. The number of pyridine rings is 1. The Morgan fingerprint density at radius 2 is 1.28 bits per heavy atom. The molecule has 0 saturated heterocycles. The zero-order valence-corrected chi connectivity index (χ0v) is 29.6. The molecule has 3 heterocycles. The molecule has 53 heavy (non-hydrogen) atoms. The number of aliphatic carboxylic acids is 1. The summed E-state index contributed by atoms with van der Waals surface area (Å²) in [5.41, 5.74) is 5.98. The molecule has 0 spiro atoms. The fourth-order valence-electron chi connectivity index (χ4n) is 8.99. The number of hydrogen-bond acceptors (Lipinski definition) is 6. The van der Waals surface area contributed by atoms with Crippen LogP contribution in [0, 0.1) is 17.8 Å². The van der Waals surface area contributed by atoms with Crippen molar-refractivity contribution in [1.29, 1.82) is 0 Å². The Bertz CT molecular complexity index is 2320. The summed E-state index contributed by atoms with van der Waals surface area (Å²) in [5.74, 6) is -0.0530. The van der Waals surface area contributed by atoms with Gasteiger partial charge in [-0.25, -0.2) is 19.6 Å². The Morgan fingerprint density at radius 3 is 1.89 bits per heavy atom. The van der Waals surface area contributed by atoms with Crippen LogP contribution >= 0.6 is 11.6 Å². The molecule has 0 radical (unpaired) electrons. The number of benzene rings is 4. The van der Waals surface area contributed by atoms with Gasteiger partial charge in [-0.1, -0.05) is 127 Å². The molecule has 9 heteroatoms. The molecule has 0 aliphatic heterocycles. The second-order valence-corrected chi connectivity index (χ2v) is 14.6. The van der Waals surface area contributed by atoms with Gasteiger partial charge in [-0.15, -0.1) is 0 Å². The largest absolute Gasteiger partial charge is 0.481 e. The normalized spacial score (nSPS) is 19.6. The molecule has 0 amide bonds. The Morgan fingerprint density at radius 1 is 0.717 bits per heavy atom. The quantitative estimate of drug-likeness (QED) is 0.143. The highest BCUT2D eigenvalue weighted by atomic mass is 35.5. The average Bonchev–Trinajstić information content (AvgIpc) is 3.58. The second kappa shape index (κ2) is 13.6. The van der Waals surface area contributed by atoms with Crippen LogP contribution in [0.3, 0.4) is 0 Å². The van der Waals surface area contributed by atoms with Crippen LogP contribution in [0.2, 0.25) is 5.02 Å². The molecule has 2 N–H and O–H groups in total. The van der Waals surface area contributed by atoms with Gasteiger partial charge in [0.05, 0.1) is 16.6 Å². The van der Waals surface area contributed by atoms with Gasteiger partial charge in [0.25, 0.3) is 0 Å². The standard InChI is InChI=1S/C44H37ClN6O2/c45-33-24-36-41(35-19-11-10-18-34(35)37-25-38(48-27-47-37)49-40-29-22-20-28(21-23-29)39(40)43(52)53)50-51(42(36)46-26-33)44(30-12-4-1-5-13-30,31-14-6-2-7-15-31)32-16-8-3-9-17-32/h1-19,24-29,39-40H,20-23H2,(H,52,53)(H,47,48,49). The smallest absolute Gasteiger partial charge is 0.308 e. The maximum Gasteiger partial charge on any atom is 0.308 e. The lowest BCUT2D eigenvalue weighted by Gasteiger charge is -2.47. The third-order valence-corrected chi connectivity index (χ3v) is 11.5. The number of aromatic nitrogens is 5. The molecular weight excluding hydrogens is 680 g/mol. The van der Waals surface area contributed by atoms with Crippen molar-refractivity contribution in [2.75, 3.05) is 5.32 Å². The van der Waals surface area contributed by atoms with Crippen LogP contribution in [-0.2, 0) is 10.3 Å². The van der Waals surface area contributed by atoms with E-state index in [9.17, 15) is 9.90 Å². The van der Waals surface area contributed by atoms with E-state index in [1.807, 2.05) is 59.3 Å². The van der Waals surface area contributed by atoms with Crippen LogP contribution in [0.5, 0.6) is 0 Å². The van der Waals surface area contributed by atoms with E-state index in [4.69, 9.17) is 26.7 Å². The molecule has 262 valence electrons. The van der Waals surface area contributed by atoms with E-state index < -0.39 is 17.4 Å². The lowest BCUT2D eigenvalue weighted by atomic mass is 9.61. The van der Waals surface area contributed by atoms with E-state index >= 15 is 0 Å². The van der Waals surface area contributed by atoms with Crippen molar-refractivity contribution in [3.63, 3.8) is 0 Å². The number of carboxylic acid groups (broad SMARTS) is 1. The molecule has 3 aliphatic carbocycles. The van der Waals surface area contributed by atoms with Crippen LogP contribution in [0.1, 0.15) is 42.4 Å². The summed E-state index contributed by atoms with van der Waals surface area (Å²) in [4.78, 5) is 26.7. The molecule has 10 rings (SSSR count). The van der Waals surface area contributed by atoms with Crippen molar-refractivity contribution in [3.8, 4) is 22.5 Å². The number of carbonyl (C=O) groups is 1. The highest BCUT2D eigenvalue weighted by Gasteiger charge is 2.47. The molecule has 3 aromatic heterocycles. The molecule has 3 fully saturated rings. The van der Waals surface area contributed by atoms with Gasteiger partial charge in [0, 0.05) is 34.8 Å². The minimum absolute atomic E-state index is 0.173. The highest BCUT2D eigenvalue weighted by molar-refractivity contribution is 6.31. The van der Waals surface area contributed by atoms with Gasteiger partial charge in [0.1, 0.15) is 23.4 Å². The Hall–Kier alpha value is -5.86. The summed E-state index contributed by atoms with van der Waals surface area (Å²) in [7, 11) is 0. The maximum atomic E-state index is 12.4. The van der Waals surface area contributed by atoms with Crippen LogP contribution in [0.15, 0.2) is 140 Å². The number of halogens is 1. The Balaban J connectivity index is 1.23. The average molecular weight is 717 g/mol. The topological polar surface area (TPSA) is 106 Å². The number of nitrogens with one attached hydrogen (secondary N) is 1. The summed E-state index contributed by atoms with van der Waals surface area (Å²) in [6.07, 6.45) is 7.24. The SMILES string of the molecule is O=C(O)C1C2CCC(CC2)C1Nc1cc(-c2ccccc2-c2nn(C(c3ccccc3)(c3ccccc3)c3ccccc3)c3ncc(Cl)cc23)ncn1. The molecule has 3 saturated carbocycles. The molecule has 2 bridgehead atoms. The van der Waals surface area contributed by atoms with Crippen LogP contribution < -0.4 is 5.32 Å². The molecule has 7 aromatic rings. The van der Waals surface area contributed by atoms with Crippen LogP contribution in [0.25, 0.3) is 33.5 Å². The van der Waals surface area contributed by atoms with Crippen molar-refractivity contribution in [2.24, 2.45) is 17.8 Å². The minimum atomic E-state index is -0.901. The fraction of sp³-hybridized carbons (Fsp3) is 0.205. The predicted octanol–water partition coefficient (Wildman–Crippen LogP) is 9.35. The number of rotatable bonds is 9. The van der Waals surface area contributed by atoms with Crippen molar-refractivity contribution < 1.29 is 9.90 Å². The van der Waals surface area contributed by atoms with E-state index in [0.717, 1.165) is 58.9 Å².